The van der Waals surface area contributed by atoms with Gasteiger partial charge in [0.1, 0.15) is 6.04 Å². The van der Waals surface area contributed by atoms with Crippen molar-refractivity contribution in [1.82, 2.24) is 10.6 Å². The third kappa shape index (κ3) is 4.14. The third-order valence-electron chi connectivity index (χ3n) is 2.27. The molecule has 1 aliphatic rings. The minimum absolute atomic E-state index is 0.0667. The summed E-state index contributed by atoms with van der Waals surface area (Å²) in [5, 5.41) is 5.49. The fourth-order valence-electron chi connectivity index (χ4n) is 1.55. The predicted molar refractivity (Wildman–Crippen MR) is 58.2 cm³/mol. The first kappa shape index (κ1) is 11.8. The van der Waals surface area contributed by atoms with Crippen LogP contribution in [0.15, 0.2) is 11.6 Å². The van der Waals surface area contributed by atoms with Gasteiger partial charge in [-0.2, -0.15) is 0 Å². The smallest absolute Gasteiger partial charge is 0.244 e. The molecular weight excluding hydrogens is 192 g/mol. The van der Waals surface area contributed by atoms with Gasteiger partial charge in [0.2, 0.25) is 11.8 Å². The molecule has 2 N–H and O–H groups in total. The number of carbonyl (C=O) groups excluding carboxylic acids is 2. The third-order valence-corrected chi connectivity index (χ3v) is 2.27. The number of rotatable bonds is 2. The molecule has 0 aromatic heterocycles. The maximum atomic E-state index is 11.5. The molecular formula is C11H18N2O2. The molecule has 0 aromatic carbocycles. The van der Waals surface area contributed by atoms with Gasteiger partial charge in [0.05, 0.1) is 0 Å². The van der Waals surface area contributed by atoms with Gasteiger partial charge in [-0.3, -0.25) is 9.59 Å². The molecule has 0 aromatic rings. The summed E-state index contributed by atoms with van der Waals surface area (Å²) >= 11 is 0. The molecule has 4 heteroatoms. The van der Waals surface area contributed by atoms with Crippen LogP contribution in [0.5, 0.6) is 0 Å². The number of allylic oxidation sites excluding steroid dienone is 1. The molecule has 0 saturated carbocycles. The van der Waals surface area contributed by atoms with Gasteiger partial charge >= 0.3 is 0 Å². The normalized spacial score (nSPS) is 21.2. The van der Waals surface area contributed by atoms with Crippen LogP contribution in [0, 0.1) is 0 Å². The monoisotopic (exact) mass is 210 g/mol. The summed E-state index contributed by atoms with van der Waals surface area (Å²) in [7, 11) is 0. The second-order valence-electron chi connectivity index (χ2n) is 4.07. The van der Waals surface area contributed by atoms with Gasteiger partial charge in [0, 0.05) is 12.6 Å². The first-order valence-corrected chi connectivity index (χ1v) is 5.32. The Labute approximate surface area is 90.1 Å². The Bertz CT molecular complexity index is 280. The van der Waals surface area contributed by atoms with E-state index in [2.05, 4.69) is 10.6 Å². The minimum atomic E-state index is -0.365. The molecule has 0 unspecified atom stereocenters. The van der Waals surface area contributed by atoms with Crippen molar-refractivity contribution >= 4 is 11.8 Å². The number of nitrogens with one attached hydrogen (secondary N) is 2. The Morgan fingerprint density at radius 3 is 2.87 bits per heavy atom. The summed E-state index contributed by atoms with van der Waals surface area (Å²) in [6.07, 6.45) is 4.20. The van der Waals surface area contributed by atoms with E-state index in [1.54, 1.807) is 0 Å². The zero-order chi connectivity index (χ0) is 11.3. The van der Waals surface area contributed by atoms with Crippen LogP contribution in [0.2, 0.25) is 0 Å². The maximum Gasteiger partial charge on any atom is 0.244 e. The molecule has 1 rings (SSSR count). The molecule has 1 heterocycles. The van der Waals surface area contributed by atoms with E-state index in [0.717, 1.165) is 24.8 Å². The molecule has 2 amide bonds. The van der Waals surface area contributed by atoms with E-state index in [9.17, 15) is 9.59 Å². The van der Waals surface area contributed by atoms with Crippen molar-refractivity contribution in [1.29, 1.82) is 0 Å². The van der Waals surface area contributed by atoms with Gasteiger partial charge in [-0.15, -0.1) is 0 Å². The number of hydrogen-bond donors (Lipinski definition) is 2. The van der Waals surface area contributed by atoms with Crippen molar-refractivity contribution in [2.24, 2.45) is 0 Å². The second kappa shape index (κ2) is 5.53. The van der Waals surface area contributed by atoms with Gasteiger partial charge in [0.25, 0.3) is 0 Å². The maximum absolute atomic E-state index is 11.5. The van der Waals surface area contributed by atoms with Crippen LogP contribution in [0.3, 0.4) is 0 Å². The van der Waals surface area contributed by atoms with E-state index in [1.807, 2.05) is 13.8 Å². The van der Waals surface area contributed by atoms with Gasteiger partial charge in [-0.25, -0.2) is 0 Å². The zero-order valence-corrected chi connectivity index (χ0v) is 9.30. The largest absolute Gasteiger partial charge is 0.354 e. The van der Waals surface area contributed by atoms with E-state index >= 15 is 0 Å². The predicted octanol–water partition coefficient (Wildman–Crippen LogP) is 0.737. The summed E-state index contributed by atoms with van der Waals surface area (Å²) in [6, 6.07) is -0.365. The molecule has 15 heavy (non-hydrogen) atoms. The topological polar surface area (TPSA) is 58.2 Å². The average molecular weight is 210 g/mol. The molecule has 1 saturated heterocycles. The van der Waals surface area contributed by atoms with E-state index in [1.165, 1.54) is 6.08 Å². The first-order valence-electron chi connectivity index (χ1n) is 5.32. The van der Waals surface area contributed by atoms with Crippen LogP contribution in [-0.2, 0) is 9.59 Å². The van der Waals surface area contributed by atoms with Crippen molar-refractivity contribution in [3.8, 4) is 0 Å². The fourth-order valence-corrected chi connectivity index (χ4v) is 1.55. The molecule has 0 radical (unpaired) electrons. The number of hydrogen-bond acceptors (Lipinski definition) is 2. The lowest BCUT2D eigenvalue weighted by molar-refractivity contribution is -0.126. The molecule has 4 nitrogen and oxygen atoms in total. The van der Waals surface area contributed by atoms with Crippen LogP contribution >= 0.6 is 0 Å². The highest BCUT2D eigenvalue weighted by atomic mass is 16.2. The van der Waals surface area contributed by atoms with Gasteiger partial charge < -0.3 is 10.6 Å². The zero-order valence-electron chi connectivity index (χ0n) is 9.30. The highest BCUT2D eigenvalue weighted by molar-refractivity contribution is 5.93. The second-order valence-corrected chi connectivity index (χ2v) is 4.07. The van der Waals surface area contributed by atoms with Crippen molar-refractivity contribution in [3.05, 3.63) is 11.6 Å². The Kier molecular flexibility index (Phi) is 4.34. The molecule has 1 fully saturated rings. The van der Waals surface area contributed by atoms with Crippen LogP contribution in [0.4, 0.5) is 0 Å². The number of amides is 2. The van der Waals surface area contributed by atoms with E-state index in [4.69, 9.17) is 0 Å². The Morgan fingerprint density at radius 1 is 1.47 bits per heavy atom. The highest BCUT2D eigenvalue weighted by Gasteiger charge is 2.21. The summed E-state index contributed by atoms with van der Waals surface area (Å²) < 4.78 is 0. The van der Waals surface area contributed by atoms with Crippen LogP contribution < -0.4 is 10.6 Å². The minimum Gasteiger partial charge on any atom is -0.354 e. The quantitative estimate of drug-likeness (QED) is 0.660. The van der Waals surface area contributed by atoms with Crippen molar-refractivity contribution in [3.63, 3.8) is 0 Å². The van der Waals surface area contributed by atoms with Crippen LogP contribution in [-0.4, -0.2) is 24.4 Å². The summed E-state index contributed by atoms with van der Waals surface area (Å²) in [5.41, 5.74) is 0.932. The lowest BCUT2D eigenvalue weighted by Gasteiger charge is -2.13. The Hall–Kier alpha value is -1.32. The molecule has 0 bridgehead atoms. The first-order chi connectivity index (χ1) is 7.09. The van der Waals surface area contributed by atoms with Crippen molar-refractivity contribution < 1.29 is 9.59 Å². The average Bonchev–Trinajstić information content (AvgIpc) is 2.30. The molecule has 1 atom stereocenters. The summed E-state index contributed by atoms with van der Waals surface area (Å²) in [5.74, 6) is -0.250. The molecule has 84 valence electrons. The van der Waals surface area contributed by atoms with Crippen molar-refractivity contribution in [2.75, 3.05) is 6.54 Å². The summed E-state index contributed by atoms with van der Waals surface area (Å²) in [4.78, 5) is 22.9. The molecule has 0 spiro atoms. The van der Waals surface area contributed by atoms with Gasteiger partial charge in [-0.1, -0.05) is 5.57 Å². The lowest BCUT2D eigenvalue weighted by atomic mass is 10.1. The highest BCUT2D eigenvalue weighted by Crippen LogP contribution is 2.05. The standard InChI is InChI=1S/C11H18N2O2/c1-8(2)7-10(14)13-9-5-3-4-6-12-11(9)15/h7,9H,3-6H2,1-2H3,(H,12,15)(H,13,14)/t9-/m1/s1. The van der Waals surface area contributed by atoms with Gasteiger partial charge in [-0.05, 0) is 33.1 Å². The Balaban J connectivity index is 2.51. The number of carbonyl (C=O) groups is 2. The Morgan fingerprint density at radius 2 is 2.20 bits per heavy atom. The molecule has 0 aliphatic carbocycles. The van der Waals surface area contributed by atoms with Crippen LogP contribution in [0.1, 0.15) is 33.1 Å². The van der Waals surface area contributed by atoms with Crippen LogP contribution in [0.25, 0.3) is 0 Å². The lowest BCUT2D eigenvalue weighted by Crippen LogP contribution is -2.45. The van der Waals surface area contributed by atoms with E-state index < -0.39 is 0 Å². The van der Waals surface area contributed by atoms with Crippen molar-refractivity contribution in [2.45, 2.75) is 39.2 Å². The summed E-state index contributed by atoms with van der Waals surface area (Å²) in [6.45, 7) is 4.42. The SMILES string of the molecule is CC(C)=CC(=O)N[C@@H]1CCCCNC1=O. The van der Waals surface area contributed by atoms with E-state index in [-0.39, 0.29) is 17.9 Å². The fraction of sp³-hybridized carbons (Fsp3) is 0.636. The molecule has 1 aliphatic heterocycles. The van der Waals surface area contributed by atoms with E-state index in [0.29, 0.717) is 6.54 Å². The van der Waals surface area contributed by atoms with Gasteiger partial charge in [0.15, 0.2) is 0 Å².